The number of allylic oxidation sites excluding steroid dienone is 1. The zero-order chi connectivity index (χ0) is 12.3. The Balaban J connectivity index is 1.79. The number of fused-ring (bicyclic) bond motifs is 1. The van der Waals surface area contributed by atoms with E-state index in [9.17, 15) is 9.59 Å². The summed E-state index contributed by atoms with van der Waals surface area (Å²) >= 11 is 0. The van der Waals surface area contributed by atoms with Crippen molar-refractivity contribution in [2.45, 2.75) is 46.1 Å². The number of rotatable bonds is 1. The quantitative estimate of drug-likeness (QED) is 0.395. The summed E-state index contributed by atoms with van der Waals surface area (Å²) in [6.07, 6.45) is 3.10. The minimum absolute atomic E-state index is 0.0273. The van der Waals surface area contributed by atoms with Crippen LogP contribution in [-0.2, 0) is 9.59 Å². The first kappa shape index (κ1) is 11.0. The smallest absolute Gasteiger partial charge is 0.237 e. The molecule has 0 aromatic carbocycles. The zero-order valence-corrected chi connectivity index (χ0v) is 10.7. The lowest BCUT2D eigenvalue weighted by Gasteiger charge is -2.47. The lowest BCUT2D eigenvalue weighted by atomic mass is 9.68. The molecule has 1 saturated carbocycles. The molecule has 0 N–H and O–H groups in total. The van der Waals surface area contributed by atoms with E-state index in [1.54, 1.807) is 4.90 Å². The predicted octanol–water partition coefficient (Wildman–Crippen LogP) is 2.13. The Morgan fingerprint density at radius 2 is 1.94 bits per heavy atom. The molecule has 2 fully saturated rings. The van der Waals surface area contributed by atoms with E-state index < -0.39 is 0 Å². The maximum atomic E-state index is 12.4. The summed E-state index contributed by atoms with van der Waals surface area (Å²) in [4.78, 5) is 25.9. The van der Waals surface area contributed by atoms with Crippen LogP contribution >= 0.6 is 0 Å². The van der Waals surface area contributed by atoms with Gasteiger partial charge in [-0.15, -0.1) is 0 Å². The predicted molar refractivity (Wildman–Crippen MR) is 64.0 cm³/mol. The number of amides is 2. The molecular weight excluding hydrogens is 214 g/mol. The summed E-state index contributed by atoms with van der Waals surface area (Å²) in [5.74, 6) is 0.603. The number of imide groups is 1. The van der Waals surface area contributed by atoms with Crippen molar-refractivity contribution in [2.75, 3.05) is 0 Å². The second-order valence-electron chi connectivity index (χ2n) is 5.78. The van der Waals surface area contributed by atoms with Gasteiger partial charge in [-0.2, -0.15) is 0 Å². The van der Waals surface area contributed by atoms with E-state index >= 15 is 0 Å². The molecule has 3 aliphatic rings. The minimum Gasteiger partial charge on any atom is -0.278 e. The number of β-lactam (4-membered cyclic amide) rings is 1. The van der Waals surface area contributed by atoms with Crippen LogP contribution in [0.15, 0.2) is 11.1 Å². The summed E-state index contributed by atoms with van der Waals surface area (Å²) in [7, 11) is 0. The molecule has 3 rings (SSSR count). The second-order valence-corrected chi connectivity index (χ2v) is 5.78. The van der Waals surface area contributed by atoms with Gasteiger partial charge in [0, 0.05) is 0 Å². The van der Waals surface area contributed by atoms with E-state index in [4.69, 9.17) is 0 Å². The highest BCUT2D eigenvalue weighted by atomic mass is 16.2. The fourth-order valence-corrected chi connectivity index (χ4v) is 3.75. The molecule has 2 amide bonds. The van der Waals surface area contributed by atoms with Crippen molar-refractivity contribution in [1.29, 1.82) is 0 Å². The third-order valence-electron chi connectivity index (χ3n) is 5.14. The molecule has 3 unspecified atom stereocenters. The topological polar surface area (TPSA) is 37.4 Å². The summed E-state index contributed by atoms with van der Waals surface area (Å²) < 4.78 is 0. The number of carbonyl (C=O) groups excluding carboxylic acids is 2. The van der Waals surface area contributed by atoms with Gasteiger partial charge in [0.15, 0.2) is 0 Å². The van der Waals surface area contributed by atoms with Crippen LogP contribution in [0.3, 0.4) is 0 Å². The Bertz CT molecular complexity index is 438. The zero-order valence-electron chi connectivity index (χ0n) is 10.7. The molecule has 92 valence electrons. The first-order valence-electron chi connectivity index (χ1n) is 6.58. The van der Waals surface area contributed by atoms with Crippen LogP contribution in [-0.4, -0.2) is 22.8 Å². The first-order valence-corrected chi connectivity index (χ1v) is 6.58. The number of hydrogen-bond donors (Lipinski definition) is 0. The van der Waals surface area contributed by atoms with Crippen molar-refractivity contribution in [1.82, 2.24) is 4.90 Å². The van der Waals surface area contributed by atoms with Gasteiger partial charge in [0.1, 0.15) is 0 Å². The van der Waals surface area contributed by atoms with Crippen LogP contribution in [0, 0.1) is 17.8 Å². The maximum absolute atomic E-state index is 12.4. The molecule has 17 heavy (non-hydrogen) atoms. The van der Waals surface area contributed by atoms with Crippen LogP contribution in [0.25, 0.3) is 0 Å². The Morgan fingerprint density at radius 1 is 1.24 bits per heavy atom. The number of carbonyl (C=O) groups is 2. The van der Waals surface area contributed by atoms with E-state index in [0.717, 1.165) is 19.3 Å². The molecule has 1 saturated heterocycles. The van der Waals surface area contributed by atoms with Gasteiger partial charge < -0.3 is 0 Å². The van der Waals surface area contributed by atoms with Gasteiger partial charge in [0.2, 0.25) is 11.8 Å². The van der Waals surface area contributed by atoms with Crippen LogP contribution in [0.5, 0.6) is 0 Å². The van der Waals surface area contributed by atoms with Gasteiger partial charge in [-0.25, -0.2) is 0 Å². The summed E-state index contributed by atoms with van der Waals surface area (Å²) in [5, 5.41) is 0. The van der Waals surface area contributed by atoms with Crippen LogP contribution in [0.1, 0.15) is 40.0 Å². The van der Waals surface area contributed by atoms with Gasteiger partial charge in [-0.1, -0.05) is 24.5 Å². The van der Waals surface area contributed by atoms with Gasteiger partial charge in [0.05, 0.1) is 17.9 Å². The number of nitrogens with zero attached hydrogens (tertiary/aromatic N) is 1. The van der Waals surface area contributed by atoms with Gasteiger partial charge >= 0.3 is 0 Å². The molecular formula is C14H19NO2. The van der Waals surface area contributed by atoms with Crippen molar-refractivity contribution in [3.8, 4) is 0 Å². The van der Waals surface area contributed by atoms with Gasteiger partial charge in [0.25, 0.3) is 0 Å². The van der Waals surface area contributed by atoms with E-state index in [-0.39, 0.29) is 29.7 Å². The van der Waals surface area contributed by atoms with E-state index in [2.05, 4.69) is 13.8 Å². The fourth-order valence-electron chi connectivity index (χ4n) is 3.75. The molecule has 3 heteroatoms. The van der Waals surface area contributed by atoms with Gasteiger partial charge in [-0.05, 0) is 32.6 Å². The van der Waals surface area contributed by atoms with E-state index in [1.165, 1.54) is 11.1 Å². The third-order valence-corrected chi connectivity index (χ3v) is 5.14. The summed E-state index contributed by atoms with van der Waals surface area (Å²) in [6.45, 7) is 6.19. The maximum Gasteiger partial charge on any atom is 0.237 e. The van der Waals surface area contributed by atoms with Gasteiger partial charge in [-0.3, -0.25) is 14.5 Å². The Hall–Kier alpha value is -1.12. The highest BCUT2D eigenvalue weighted by Crippen LogP contribution is 2.46. The monoisotopic (exact) mass is 233 g/mol. The molecule has 4 atom stereocenters. The van der Waals surface area contributed by atoms with Crippen LogP contribution in [0.2, 0.25) is 0 Å². The molecule has 3 nitrogen and oxygen atoms in total. The summed E-state index contributed by atoms with van der Waals surface area (Å²) in [5.41, 5.74) is 2.50. The van der Waals surface area contributed by atoms with Crippen LogP contribution < -0.4 is 0 Å². The average molecular weight is 233 g/mol. The largest absolute Gasteiger partial charge is 0.278 e. The lowest BCUT2D eigenvalue weighted by molar-refractivity contribution is -0.166. The lowest BCUT2D eigenvalue weighted by Crippen LogP contribution is -2.63. The average Bonchev–Trinajstić information content (AvgIpc) is 2.72. The second kappa shape index (κ2) is 3.44. The number of hydrogen-bond acceptors (Lipinski definition) is 2. The fraction of sp³-hybridized carbons (Fsp3) is 0.714. The Labute approximate surface area is 102 Å². The Kier molecular flexibility index (Phi) is 2.22. The summed E-state index contributed by atoms with van der Waals surface area (Å²) in [6, 6.07) is 0.232. The van der Waals surface area contributed by atoms with Crippen molar-refractivity contribution in [3.63, 3.8) is 0 Å². The van der Waals surface area contributed by atoms with Crippen molar-refractivity contribution >= 4 is 11.8 Å². The first-order chi connectivity index (χ1) is 8.04. The molecule has 0 spiro atoms. The highest BCUT2D eigenvalue weighted by Gasteiger charge is 2.55. The van der Waals surface area contributed by atoms with Crippen molar-refractivity contribution in [3.05, 3.63) is 11.1 Å². The SMILES string of the molecule is CC1=C(C)[C@@H](C(=O)N2C(=O)C3CCCC32)C1C. The third kappa shape index (κ3) is 1.23. The molecule has 0 aromatic heterocycles. The minimum atomic E-state index is -0.0273. The van der Waals surface area contributed by atoms with Crippen molar-refractivity contribution in [2.24, 2.45) is 17.8 Å². The number of likely N-dealkylation sites (tertiary alicyclic amines) is 1. The molecule has 1 aliphatic heterocycles. The molecule has 0 bridgehead atoms. The standard InChI is InChI=1S/C14H19NO2/c1-7-8(2)12(9(7)3)14(17)15-11-6-4-5-10(11)13(15)16/h8,10-12H,4-6H2,1-3H3/t8?,10?,11?,12-/m0/s1. The van der Waals surface area contributed by atoms with Crippen molar-refractivity contribution < 1.29 is 9.59 Å². The van der Waals surface area contributed by atoms with E-state index in [1.807, 2.05) is 6.92 Å². The van der Waals surface area contributed by atoms with Crippen LogP contribution in [0.4, 0.5) is 0 Å². The highest BCUT2D eigenvalue weighted by molar-refractivity contribution is 6.04. The van der Waals surface area contributed by atoms with E-state index in [0.29, 0.717) is 5.92 Å². The molecule has 0 aromatic rings. The molecule has 1 heterocycles. The molecule has 0 radical (unpaired) electrons. The molecule has 2 aliphatic carbocycles. The normalized spacial score (nSPS) is 39.9. The Morgan fingerprint density at radius 3 is 2.59 bits per heavy atom.